The summed E-state index contributed by atoms with van der Waals surface area (Å²) in [6, 6.07) is 3.75. The number of anilines is 1. The number of rotatable bonds is 1. The maximum absolute atomic E-state index is 5.72. The van der Waals surface area contributed by atoms with Crippen molar-refractivity contribution in [3.8, 4) is 11.5 Å². The van der Waals surface area contributed by atoms with Gasteiger partial charge in [-0.25, -0.2) is 0 Å². The van der Waals surface area contributed by atoms with Gasteiger partial charge in [0.2, 0.25) is 0 Å². The number of nitrogens with two attached hydrogens (primary N) is 1. The molecule has 5 nitrogen and oxygen atoms in total. The highest BCUT2D eigenvalue weighted by atomic mass is 32.1. The first-order chi connectivity index (χ1) is 8.77. The normalized spacial score (nSPS) is 14.7. The summed E-state index contributed by atoms with van der Waals surface area (Å²) in [6.45, 7) is 0.916. The largest absolute Gasteiger partial charge is 0.463 e. The second-order valence-electron chi connectivity index (χ2n) is 4.29. The van der Waals surface area contributed by atoms with Crippen LogP contribution in [0, 0.1) is 0 Å². The molecule has 2 aromatic rings. The second-order valence-corrected chi connectivity index (χ2v) is 4.71. The lowest BCUT2D eigenvalue weighted by Gasteiger charge is -2.06. The van der Waals surface area contributed by atoms with E-state index in [1.54, 1.807) is 10.9 Å². The summed E-state index contributed by atoms with van der Waals surface area (Å²) in [5, 5.41) is 8.07. The van der Waals surface area contributed by atoms with Crippen molar-refractivity contribution in [2.24, 2.45) is 5.73 Å². The molecule has 0 aliphatic carbocycles. The molecule has 0 atom stereocenters. The van der Waals surface area contributed by atoms with Crippen LogP contribution in [0.5, 0.6) is 0 Å². The molecule has 0 spiro atoms. The van der Waals surface area contributed by atoms with Crippen molar-refractivity contribution in [2.45, 2.75) is 19.3 Å². The summed E-state index contributed by atoms with van der Waals surface area (Å²) in [5.74, 6) is 1.66. The van der Waals surface area contributed by atoms with E-state index in [4.69, 9.17) is 22.4 Å². The van der Waals surface area contributed by atoms with Gasteiger partial charge in [-0.2, -0.15) is 9.78 Å². The van der Waals surface area contributed by atoms with E-state index in [1.165, 1.54) is 0 Å². The first kappa shape index (κ1) is 11.3. The van der Waals surface area contributed by atoms with Gasteiger partial charge in [0, 0.05) is 12.1 Å². The Labute approximate surface area is 110 Å². The standard InChI is InChI=1S/C12H14N4OS/c13-12(18)16-11-8(4-1-2-6-14-11)10(15-16)9-5-3-7-17-9/h3,5,7,14H,1-2,4,6H2,(H2,13,18). The minimum absolute atomic E-state index is 0.249. The van der Waals surface area contributed by atoms with E-state index in [0.29, 0.717) is 0 Å². The molecule has 2 aromatic heterocycles. The van der Waals surface area contributed by atoms with Gasteiger partial charge in [-0.3, -0.25) is 0 Å². The SMILES string of the molecule is NC(=S)n1nc(-c2ccco2)c2c1NCCCC2. The van der Waals surface area contributed by atoms with Crippen molar-refractivity contribution in [2.75, 3.05) is 11.9 Å². The van der Waals surface area contributed by atoms with E-state index in [-0.39, 0.29) is 5.11 Å². The molecular weight excluding hydrogens is 248 g/mol. The number of nitrogens with one attached hydrogen (secondary N) is 1. The van der Waals surface area contributed by atoms with Gasteiger partial charge in [0.1, 0.15) is 11.5 Å². The number of hydrogen-bond donors (Lipinski definition) is 2. The number of nitrogens with zero attached hydrogens (tertiary/aromatic N) is 2. The van der Waals surface area contributed by atoms with Crippen LogP contribution in [0.1, 0.15) is 18.4 Å². The third-order valence-electron chi connectivity index (χ3n) is 3.09. The summed E-state index contributed by atoms with van der Waals surface area (Å²) in [4.78, 5) is 0. The number of fused-ring (bicyclic) bond motifs is 1. The Morgan fingerprint density at radius 2 is 2.39 bits per heavy atom. The average molecular weight is 262 g/mol. The van der Waals surface area contributed by atoms with E-state index in [9.17, 15) is 0 Å². The Morgan fingerprint density at radius 1 is 1.50 bits per heavy atom. The van der Waals surface area contributed by atoms with Gasteiger partial charge < -0.3 is 15.5 Å². The van der Waals surface area contributed by atoms with Crippen molar-refractivity contribution < 1.29 is 4.42 Å². The van der Waals surface area contributed by atoms with Crippen LogP contribution in [0.2, 0.25) is 0 Å². The topological polar surface area (TPSA) is 69.0 Å². The number of hydrogen-bond acceptors (Lipinski definition) is 4. The Bertz CT molecular complexity index is 573. The zero-order valence-electron chi connectivity index (χ0n) is 9.85. The molecule has 1 aliphatic rings. The Kier molecular flexibility index (Phi) is 2.79. The molecule has 3 rings (SSSR count). The summed E-state index contributed by atoms with van der Waals surface area (Å²) >= 11 is 5.04. The molecule has 94 valence electrons. The van der Waals surface area contributed by atoms with Crippen LogP contribution >= 0.6 is 12.2 Å². The van der Waals surface area contributed by atoms with Crippen LogP contribution < -0.4 is 11.1 Å². The monoisotopic (exact) mass is 262 g/mol. The third-order valence-corrected chi connectivity index (χ3v) is 3.27. The first-order valence-corrected chi connectivity index (χ1v) is 6.37. The Balaban J connectivity index is 2.17. The second kappa shape index (κ2) is 4.45. The highest BCUT2D eigenvalue weighted by Gasteiger charge is 2.22. The number of thiocarbonyl (C=S) groups is 1. The fourth-order valence-corrected chi connectivity index (χ4v) is 2.41. The van der Waals surface area contributed by atoms with Crippen LogP contribution in [0.25, 0.3) is 11.5 Å². The molecule has 6 heteroatoms. The van der Waals surface area contributed by atoms with Gasteiger partial charge in [-0.05, 0) is 43.6 Å². The van der Waals surface area contributed by atoms with E-state index >= 15 is 0 Å². The molecule has 0 saturated carbocycles. The summed E-state index contributed by atoms with van der Waals surface area (Å²) < 4.78 is 7.02. The summed E-state index contributed by atoms with van der Waals surface area (Å²) in [6.07, 6.45) is 4.85. The van der Waals surface area contributed by atoms with Crippen molar-refractivity contribution in [3.05, 3.63) is 24.0 Å². The molecule has 3 N–H and O–H groups in total. The van der Waals surface area contributed by atoms with E-state index < -0.39 is 0 Å². The lowest BCUT2D eigenvalue weighted by atomic mass is 10.1. The number of aromatic nitrogens is 2. The van der Waals surface area contributed by atoms with E-state index in [1.807, 2.05) is 12.1 Å². The van der Waals surface area contributed by atoms with Crippen molar-refractivity contribution in [1.82, 2.24) is 9.78 Å². The molecule has 0 bridgehead atoms. The Morgan fingerprint density at radius 3 is 3.11 bits per heavy atom. The van der Waals surface area contributed by atoms with Gasteiger partial charge in [-0.1, -0.05) is 0 Å². The Hall–Kier alpha value is -1.82. The minimum Gasteiger partial charge on any atom is -0.463 e. The lowest BCUT2D eigenvalue weighted by molar-refractivity contribution is 0.578. The molecule has 0 radical (unpaired) electrons. The lowest BCUT2D eigenvalue weighted by Crippen LogP contribution is -2.22. The molecule has 0 aromatic carbocycles. The van der Waals surface area contributed by atoms with E-state index in [0.717, 1.165) is 48.6 Å². The van der Waals surface area contributed by atoms with Crippen LogP contribution in [0.4, 0.5) is 5.82 Å². The van der Waals surface area contributed by atoms with Gasteiger partial charge in [0.05, 0.1) is 6.26 Å². The molecule has 3 heterocycles. The highest BCUT2D eigenvalue weighted by Crippen LogP contribution is 2.32. The fraction of sp³-hybridized carbons (Fsp3) is 0.333. The van der Waals surface area contributed by atoms with Crippen LogP contribution in [-0.4, -0.2) is 21.4 Å². The smallest absolute Gasteiger partial charge is 0.193 e. The van der Waals surface area contributed by atoms with Crippen molar-refractivity contribution in [3.63, 3.8) is 0 Å². The zero-order chi connectivity index (χ0) is 12.5. The highest BCUT2D eigenvalue weighted by molar-refractivity contribution is 7.80. The van der Waals surface area contributed by atoms with Gasteiger partial charge in [-0.15, -0.1) is 0 Å². The van der Waals surface area contributed by atoms with Crippen LogP contribution in [0.3, 0.4) is 0 Å². The quantitative estimate of drug-likeness (QED) is 0.769. The predicted octanol–water partition coefficient (Wildman–Crippen LogP) is 1.98. The fourth-order valence-electron chi connectivity index (χ4n) is 2.27. The molecule has 0 saturated heterocycles. The zero-order valence-corrected chi connectivity index (χ0v) is 10.7. The predicted molar refractivity (Wildman–Crippen MR) is 73.5 cm³/mol. The average Bonchev–Trinajstić information content (AvgIpc) is 2.91. The van der Waals surface area contributed by atoms with Crippen LogP contribution in [-0.2, 0) is 6.42 Å². The van der Waals surface area contributed by atoms with Gasteiger partial charge in [0.15, 0.2) is 10.9 Å². The molecule has 0 unspecified atom stereocenters. The van der Waals surface area contributed by atoms with Gasteiger partial charge >= 0.3 is 0 Å². The minimum atomic E-state index is 0.249. The molecule has 0 fully saturated rings. The summed E-state index contributed by atoms with van der Waals surface area (Å²) in [7, 11) is 0. The van der Waals surface area contributed by atoms with Crippen LogP contribution in [0.15, 0.2) is 22.8 Å². The molecule has 0 amide bonds. The van der Waals surface area contributed by atoms with E-state index in [2.05, 4.69) is 10.4 Å². The third kappa shape index (κ3) is 1.78. The molecule has 18 heavy (non-hydrogen) atoms. The van der Waals surface area contributed by atoms with Crippen molar-refractivity contribution >= 4 is 23.1 Å². The first-order valence-electron chi connectivity index (χ1n) is 5.97. The van der Waals surface area contributed by atoms with Crippen molar-refractivity contribution in [1.29, 1.82) is 0 Å². The number of furan rings is 1. The summed E-state index contributed by atoms with van der Waals surface area (Å²) in [5.41, 5.74) is 7.68. The maximum Gasteiger partial charge on any atom is 0.193 e. The van der Waals surface area contributed by atoms with Gasteiger partial charge in [0.25, 0.3) is 0 Å². The molecular formula is C12H14N4OS. The molecule has 1 aliphatic heterocycles. The maximum atomic E-state index is 5.72.